The molecule has 0 saturated heterocycles. The summed E-state index contributed by atoms with van der Waals surface area (Å²) in [5.74, 6) is 27.2. The van der Waals surface area contributed by atoms with Gasteiger partial charge in [-0.25, -0.2) is 0 Å². The Balaban J connectivity index is 0.888. The van der Waals surface area contributed by atoms with Crippen molar-refractivity contribution in [2.75, 3.05) is 0 Å². The zero-order valence-electron chi connectivity index (χ0n) is 19.3. The molecule has 0 aromatic heterocycles. The van der Waals surface area contributed by atoms with Gasteiger partial charge in [0.1, 0.15) is 0 Å². The summed E-state index contributed by atoms with van der Waals surface area (Å²) in [6.07, 6.45) is 4.75. The van der Waals surface area contributed by atoms with E-state index in [1.165, 1.54) is 125 Å². The molecular weight excluding hydrogens is 360 g/mol. The Kier molecular flexibility index (Phi) is 2.12. The zero-order valence-corrected chi connectivity index (χ0v) is 19.3. The Hall–Kier alpha value is 0. The van der Waals surface area contributed by atoms with Crippen LogP contribution >= 0.6 is 0 Å². The van der Waals surface area contributed by atoms with Crippen molar-refractivity contribution >= 4 is 0 Å². The van der Waals surface area contributed by atoms with Crippen LogP contribution in [0.25, 0.3) is 0 Å². The van der Waals surface area contributed by atoms with Gasteiger partial charge in [0.2, 0.25) is 0 Å². The Labute approximate surface area is 182 Å². The first-order chi connectivity index (χ1) is 14.6. The van der Waals surface area contributed by atoms with Gasteiger partial charge in [-0.1, -0.05) is 27.7 Å². The monoisotopic (exact) mass is 400 g/mol. The zero-order chi connectivity index (χ0) is 19.3. The fourth-order valence-electron chi connectivity index (χ4n) is 16.9. The summed E-state index contributed by atoms with van der Waals surface area (Å²) in [4.78, 5) is 0. The third kappa shape index (κ3) is 1.01. The fraction of sp³-hybridized carbons (Fsp3) is 1.00. The first kappa shape index (κ1) is 15.8. The van der Waals surface area contributed by atoms with Gasteiger partial charge in [-0.3, -0.25) is 0 Å². The Morgan fingerprint density at radius 1 is 0.567 bits per heavy atom. The molecule has 0 aromatic carbocycles. The van der Waals surface area contributed by atoms with Crippen molar-refractivity contribution < 1.29 is 0 Å². The molecule has 11 fully saturated rings. The molecule has 0 spiro atoms. The molecule has 11 aliphatic rings. The molecule has 0 N–H and O–H groups in total. The molecule has 30 heavy (non-hydrogen) atoms. The average Bonchev–Trinajstić information content (AvgIpc) is 2.66. The van der Waals surface area contributed by atoms with Crippen LogP contribution < -0.4 is 0 Å². The van der Waals surface area contributed by atoms with Gasteiger partial charge in [-0.15, -0.1) is 0 Å². The molecule has 11 aliphatic carbocycles. The number of hydrogen-bond donors (Lipinski definition) is 0. The summed E-state index contributed by atoms with van der Waals surface area (Å²) in [6, 6.07) is 0. The lowest BCUT2D eigenvalue weighted by atomic mass is 9.06. The topological polar surface area (TPSA) is 0 Å². The lowest BCUT2D eigenvalue weighted by Gasteiger charge is -2.98. The summed E-state index contributed by atoms with van der Waals surface area (Å²) < 4.78 is 0. The number of rotatable bonds is 2. The van der Waals surface area contributed by atoms with Gasteiger partial charge in [-0.2, -0.15) is 0 Å². The van der Waals surface area contributed by atoms with E-state index in [9.17, 15) is 0 Å². The van der Waals surface area contributed by atoms with E-state index < -0.39 is 0 Å². The van der Waals surface area contributed by atoms with Crippen LogP contribution in [0.15, 0.2) is 0 Å². The van der Waals surface area contributed by atoms with E-state index in [4.69, 9.17) is 0 Å². The van der Waals surface area contributed by atoms with Gasteiger partial charge >= 0.3 is 0 Å². The van der Waals surface area contributed by atoms with Crippen LogP contribution in [0.5, 0.6) is 0 Å². The summed E-state index contributed by atoms with van der Waals surface area (Å²) in [5.41, 5.74) is 0.737. The molecule has 0 aliphatic heterocycles. The van der Waals surface area contributed by atoms with Crippen LogP contribution in [-0.2, 0) is 0 Å². The van der Waals surface area contributed by atoms with Crippen LogP contribution in [0.3, 0.4) is 0 Å². The van der Waals surface area contributed by atoms with Crippen molar-refractivity contribution in [1.82, 2.24) is 0 Å². The lowest BCUT2D eigenvalue weighted by Crippen LogP contribution is -2.95. The second kappa shape index (κ2) is 4.04. The van der Waals surface area contributed by atoms with E-state index in [2.05, 4.69) is 27.7 Å². The molecule has 11 rings (SSSR count). The Morgan fingerprint density at radius 2 is 0.933 bits per heavy atom. The highest BCUT2D eigenvalue weighted by Gasteiger charge is 2.94. The summed E-state index contributed by atoms with van der Waals surface area (Å²) in [7, 11) is 0. The highest BCUT2D eigenvalue weighted by atomic mass is 15.0. The van der Waals surface area contributed by atoms with E-state index in [0.29, 0.717) is 0 Å². The first-order valence-electron chi connectivity index (χ1n) is 14.6. The lowest BCUT2D eigenvalue weighted by molar-refractivity contribution is -0.517. The highest BCUT2D eigenvalue weighted by Crippen LogP contribution is 2.97. The molecule has 0 bridgehead atoms. The molecular formula is C30H40. The predicted octanol–water partition coefficient (Wildman–Crippen LogP) is 5.93. The van der Waals surface area contributed by atoms with E-state index >= 15 is 0 Å². The van der Waals surface area contributed by atoms with Gasteiger partial charge in [0.05, 0.1) is 0 Å². The molecule has 11 saturated carbocycles. The highest BCUT2D eigenvalue weighted by molar-refractivity contribution is 5.41. The van der Waals surface area contributed by atoms with Crippen molar-refractivity contribution in [3.05, 3.63) is 0 Å². The predicted molar refractivity (Wildman–Crippen MR) is 116 cm³/mol. The maximum absolute atomic E-state index is 2.68. The largest absolute Gasteiger partial charge is 0.0648 e. The Morgan fingerprint density at radius 3 is 1.30 bits per heavy atom. The fourth-order valence-corrected chi connectivity index (χ4v) is 16.9. The summed E-state index contributed by atoms with van der Waals surface area (Å²) >= 11 is 0. The first-order valence-corrected chi connectivity index (χ1v) is 14.6. The molecule has 0 heterocycles. The van der Waals surface area contributed by atoms with Gasteiger partial charge in [-0.05, 0) is 155 Å². The summed E-state index contributed by atoms with van der Waals surface area (Å²) in [5, 5.41) is 0. The quantitative estimate of drug-likeness (QED) is 0.504. The molecule has 22 unspecified atom stereocenters. The van der Waals surface area contributed by atoms with Crippen LogP contribution in [0.2, 0.25) is 0 Å². The third-order valence-electron chi connectivity index (χ3n) is 17.2. The summed E-state index contributed by atoms with van der Waals surface area (Å²) in [6.45, 7) is 10.4. The SMILES string of the molecule is CCC1(C(C)C)C(C)C2C3C4C5C6C7C8C9C%10C%11CCC%11C%10C9C8C7C6C5C4C3C21. The van der Waals surface area contributed by atoms with Gasteiger partial charge in [0.25, 0.3) is 0 Å². The van der Waals surface area contributed by atoms with Gasteiger partial charge < -0.3 is 0 Å². The van der Waals surface area contributed by atoms with E-state index in [1.54, 1.807) is 12.8 Å². The standard InChI is InChI=1S/C30H40/c1-5-30(8(2)3)9(4)12-15-18-21-24-22-19-16-13-10-6-7-11(10)14(13)17(16)20(19)23(22)25(24)26(21)27(18)28(15)29(12)30/h8-29H,5-7H2,1-4H3. The van der Waals surface area contributed by atoms with E-state index in [1.807, 2.05) is 0 Å². The average molecular weight is 401 g/mol. The van der Waals surface area contributed by atoms with E-state index in [-0.39, 0.29) is 0 Å². The van der Waals surface area contributed by atoms with Crippen LogP contribution in [0.4, 0.5) is 0 Å². The third-order valence-corrected chi connectivity index (χ3v) is 17.2. The molecule has 0 radical (unpaired) electrons. The smallest absolute Gasteiger partial charge is 0.0215 e. The maximum atomic E-state index is 2.68. The Bertz CT molecular complexity index is 932. The maximum Gasteiger partial charge on any atom is -0.0215 e. The van der Waals surface area contributed by atoms with Crippen LogP contribution in [0.1, 0.15) is 47.0 Å². The van der Waals surface area contributed by atoms with E-state index in [0.717, 1.165) is 17.3 Å². The number of hydrogen-bond acceptors (Lipinski definition) is 0. The molecule has 0 aromatic rings. The van der Waals surface area contributed by atoms with Crippen LogP contribution in [0, 0.1) is 136 Å². The minimum absolute atomic E-state index is 0.737. The normalized spacial score (nSPS) is 85.3. The van der Waals surface area contributed by atoms with Crippen molar-refractivity contribution in [2.45, 2.75) is 47.0 Å². The molecule has 0 nitrogen and oxygen atoms in total. The minimum Gasteiger partial charge on any atom is -0.0648 e. The van der Waals surface area contributed by atoms with Crippen molar-refractivity contribution in [3.63, 3.8) is 0 Å². The molecule has 160 valence electrons. The van der Waals surface area contributed by atoms with Gasteiger partial charge in [0, 0.05) is 0 Å². The van der Waals surface area contributed by atoms with Gasteiger partial charge in [0.15, 0.2) is 0 Å². The van der Waals surface area contributed by atoms with Crippen molar-refractivity contribution in [1.29, 1.82) is 0 Å². The second-order valence-electron chi connectivity index (χ2n) is 15.7. The minimum atomic E-state index is 0.737. The second-order valence-corrected chi connectivity index (χ2v) is 15.7. The van der Waals surface area contributed by atoms with Crippen molar-refractivity contribution in [2.24, 2.45) is 136 Å². The number of fused-ring (bicyclic) bond motifs is 28. The van der Waals surface area contributed by atoms with Crippen LogP contribution in [-0.4, -0.2) is 0 Å². The molecule has 22 atom stereocenters. The molecule has 0 heteroatoms. The van der Waals surface area contributed by atoms with Crippen molar-refractivity contribution in [3.8, 4) is 0 Å². The molecule has 0 amide bonds.